The highest BCUT2D eigenvalue weighted by molar-refractivity contribution is 6.32. The summed E-state index contributed by atoms with van der Waals surface area (Å²) >= 11 is 6.18. The van der Waals surface area contributed by atoms with E-state index in [9.17, 15) is 0 Å². The molecular weight excluding hydrogens is 246 g/mol. The number of hydrogen-bond acceptors (Lipinski definition) is 2. The van der Waals surface area contributed by atoms with E-state index in [-0.39, 0.29) is 0 Å². The van der Waals surface area contributed by atoms with E-state index in [0.29, 0.717) is 17.7 Å². The summed E-state index contributed by atoms with van der Waals surface area (Å²) in [6.07, 6.45) is 5.16. The van der Waals surface area contributed by atoms with E-state index in [2.05, 4.69) is 18.3 Å². The fourth-order valence-corrected chi connectivity index (χ4v) is 2.74. The molecule has 18 heavy (non-hydrogen) atoms. The zero-order valence-corrected chi connectivity index (χ0v) is 12.0. The van der Waals surface area contributed by atoms with Crippen LogP contribution in [-0.2, 0) is 0 Å². The van der Waals surface area contributed by atoms with Crippen LogP contribution in [0.2, 0.25) is 5.02 Å². The average Bonchev–Trinajstić information content (AvgIpc) is 2.36. The van der Waals surface area contributed by atoms with Crippen LogP contribution in [0.25, 0.3) is 0 Å². The molecule has 1 aromatic rings. The molecule has 0 atom stereocenters. The molecule has 0 spiro atoms. The van der Waals surface area contributed by atoms with E-state index < -0.39 is 0 Å². The monoisotopic (exact) mass is 267 g/mol. The lowest BCUT2D eigenvalue weighted by molar-refractivity contribution is 0.340. The Kier molecular flexibility index (Phi) is 4.76. The normalized spacial score (nSPS) is 23.7. The highest BCUT2D eigenvalue weighted by atomic mass is 35.5. The molecule has 0 aliphatic heterocycles. The van der Waals surface area contributed by atoms with E-state index in [1.807, 2.05) is 19.1 Å². The molecule has 0 radical (unpaired) electrons. The molecule has 0 saturated heterocycles. The zero-order valence-electron chi connectivity index (χ0n) is 11.2. The number of halogens is 1. The van der Waals surface area contributed by atoms with Crippen LogP contribution >= 0.6 is 11.6 Å². The number of anilines is 1. The summed E-state index contributed by atoms with van der Waals surface area (Å²) in [5, 5.41) is 4.26. The summed E-state index contributed by atoms with van der Waals surface area (Å²) in [7, 11) is 0. The third-order valence-electron chi connectivity index (χ3n) is 3.62. The zero-order chi connectivity index (χ0) is 13.0. The van der Waals surface area contributed by atoms with Gasteiger partial charge in [-0.25, -0.2) is 0 Å². The molecule has 0 unspecified atom stereocenters. The van der Waals surface area contributed by atoms with E-state index in [1.165, 1.54) is 25.7 Å². The van der Waals surface area contributed by atoms with Crippen molar-refractivity contribution >= 4 is 17.3 Å². The van der Waals surface area contributed by atoms with Gasteiger partial charge in [0.25, 0.3) is 0 Å². The Morgan fingerprint density at radius 2 is 2.00 bits per heavy atom. The second kappa shape index (κ2) is 6.33. The maximum Gasteiger partial charge on any atom is 0.138 e. The van der Waals surface area contributed by atoms with Crippen molar-refractivity contribution < 1.29 is 4.74 Å². The summed E-state index contributed by atoms with van der Waals surface area (Å²) in [5.41, 5.74) is 1.10. The third kappa shape index (κ3) is 3.55. The van der Waals surface area contributed by atoms with E-state index >= 15 is 0 Å². The van der Waals surface area contributed by atoms with Crippen molar-refractivity contribution in [1.29, 1.82) is 0 Å². The molecule has 1 aliphatic rings. The maximum atomic E-state index is 6.18. The molecule has 1 aliphatic carbocycles. The number of ether oxygens (including phenoxy) is 1. The van der Waals surface area contributed by atoms with Crippen LogP contribution in [0.5, 0.6) is 5.75 Å². The van der Waals surface area contributed by atoms with Crippen LogP contribution in [0.1, 0.15) is 39.5 Å². The van der Waals surface area contributed by atoms with Crippen LogP contribution in [0.4, 0.5) is 5.69 Å². The Morgan fingerprint density at radius 1 is 1.28 bits per heavy atom. The Morgan fingerprint density at radius 3 is 2.61 bits per heavy atom. The first-order chi connectivity index (χ1) is 8.69. The first-order valence-electron chi connectivity index (χ1n) is 6.88. The number of rotatable bonds is 4. The van der Waals surface area contributed by atoms with Gasteiger partial charge in [0.1, 0.15) is 5.75 Å². The van der Waals surface area contributed by atoms with Gasteiger partial charge < -0.3 is 10.1 Å². The Bertz CT molecular complexity index is 386. The van der Waals surface area contributed by atoms with Gasteiger partial charge in [-0.2, -0.15) is 0 Å². The van der Waals surface area contributed by atoms with Gasteiger partial charge in [-0.05, 0) is 56.7 Å². The lowest BCUT2D eigenvalue weighted by Gasteiger charge is -2.27. The van der Waals surface area contributed by atoms with Crippen molar-refractivity contribution in [1.82, 2.24) is 0 Å². The van der Waals surface area contributed by atoms with Crippen molar-refractivity contribution in [3.8, 4) is 5.75 Å². The highest BCUT2D eigenvalue weighted by Gasteiger charge is 2.18. The Hall–Kier alpha value is -0.890. The molecule has 0 aromatic heterocycles. The largest absolute Gasteiger partial charge is 0.492 e. The highest BCUT2D eigenvalue weighted by Crippen LogP contribution is 2.30. The van der Waals surface area contributed by atoms with Crippen LogP contribution in [0, 0.1) is 5.92 Å². The smallest absolute Gasteiger partial charge is 0.138 e. The van der Waals surface area contributed by atoms with Crippen LogP contribution in [0.3, 0.4) is 0 Å². The van der Waals surface area contributed by atoms with Crippen molar-refractivity contribution in [2.45, 2.75) is 45.6 Å². The van der Waals surface area contributed by atoms with Gasteiger partial charge in [-0.1, -0.05) is 18.5 Å². The van der Waals surface area contributed by atoms with Crippen LogP contribution in [0.15, 0.2) is 18.2 Å². The molecule has 0 amide bonds. The maximum absolute atomic E-state index is 6.18. The van der Waals surface area contributed by atoms with Gasteiger partial charge in [0, 0.05) is 11.7 Å². The molecule has 1 N–H and O–H groups in total. The van der Waals surface area contributed by atoms with Crippen LogP contribution < -0.4 is 10.1 Å². The number of hydrogen-bond donors (Lipinski definition) is 1. The molecular formula is C15H22ClNO. The fraction of sp³-hybridized carbons (Fsp3) is 0.600. The molecule has 1 saturated carbocycles. The summed E-state index contributed by atoms with van der Waals surface area (Å²) in [5.74, 6) is 1.65. The predicted octanol–water partition coefficient (Wildman–Crippen LogP) is 4.73. The first kappa shape index (κ1) is 13.5. The van der Waals surface area contributed by atoms with Crippen molar-refractivity contribution in [3.05, 3.63) is 23.2 Å². The Labute approximate surface area is 115 Å². The molecule has 1 aromatic carbocycles. The summed E-state index contributed by atoms with van der Waals surface area (Å²) in [6.45, 7) is 4.95. The second-order valence-corrected chi connectivity index (χ2v) is 5.59. The molecule has 2 rings (SSSR count). The van der Waals surface area contributed by atoms with Crippen molar-refractivity contribution in [3.63, 3.8) is 0 Å². The lowest BCUT2D eigenvalue weighted by Crippen LogP contribution is -2.25. The van der Waals surface area contributed by atoms with E-state index in [0.717, 1.165) is 17.4 Å². The Balaban J connectivity index is 1.95. The molecule has 100 valence electrons. The molecule has 2 nitrogen and oxygen atoms in total. The predicted molar refractivity (Wildman–Crippen MR) is 77.7 cm³/mol. The van der Waals surface area contributed by atoms with Crippen molar-refractivity contribution in [2.24, 2.45) is 5.92 Å². The minimum Gasteiger partial charge on any atom is -0.492 e. The van der Waals surface area contributed by atoms with Crippen molar-refractivity contribution in [2.75, 3.05) is 11.9 Å². The average molecular weight is 268 g/mol. The van der Waals surface area contributed by atoms with Gasteiger partial charge in [-0.3, -0.25) is 0 Å². The molecule has 0 bridgehead atoms. The quantitative estimate of drug-likeness (QED) is 0.852. The third-order valence-corrected chi connectivity index (χ3v) is 3.91. The summed E-state index contributed by atoms with van der Waals surface area (Å²) < 4.78 is 5.44. The van der Waals surface area contributed by atoms with E-state index in [4.69, 9.17) is 16.3 Å². The van der Waals surface area contributed by atoms with Gasteiger partial charge in [0.2, 0.25) is 0 Å². The second-order valence-electron chi connectivity index (χ2n) is 5.18. The fourth-order valence-electron chi connectivity index (χ4n) is 2.50. The first-order valence-corrected chi connectivity index (χ1v) is 7.25. The number of benzene rings is 1. The lowest BCUT2D eigenvalue weighted by atomic mass is 9.87. The topological polar surface area (TPSA) is 21.3 Å². The van der Waals surface area contributed by atoms with E-state index in [1.54, 1.807) is 0 Å². The molecule has 3 heteroatoms. The standard InChI is InChI=1S/C15H22ClNO/c1-3-18-15-9-8-13(10-14(15)16)17-12-6-4-11(2)5-7-12/h8-12,17H,3-7H2,1-2H3. The van der Waals surface area contributed by atoms with Gasteiger partial charge in [0.05, 0.1) is 11.6 Å². The minimum atomic E-state index is 0.593. The number of nitrogens with one attached hydrogen (secondary N) is 1. The van der Waals surface area contributed by atoms with Gasteiger partial charge in [0.15, 0.2) is 0 Å². The minimum absolute atomic E-state index is 0.593. The SMILES string of the molecule is CCOc1ccc(NC2CCC(C)CC2)cc1Cl. The van der Waals surface area contributed by atoms with Gasteiger partial charge >= 0.3 is 0 Å². The van der Waals surface area contributed by atoms with Crippen LogP contribution in [-0.4, -0.2) is 12.6 Å². The molecule has 0 heterocycles. The summed E-state index contributed by atoms with van der Waals surface area (Å²) in [4.78, 5) is 0. The summed E-state index contributed by atoms with van der Waals surface area (Å²) in [6, 6.07) is 6.55. The molecule has 1 fully saturated rings. The van der Waals surface area contributed by atoms with Gasteiger partial charge in [-0.15, -0.1) is 0 Å².